The van der Waals surface area contributed by atoms with Crippen molar-refractivity contribution in [3.63, 3.8) is 0 Å². The van der Waals surface area contributed by atoms with E-state index in [4.69, 9.17) is 4.42 Å². The van der Waals surface area contributed by atoms with Gasteiger partial charge in [0.1, 0.15) is 17.9 Å². The van der Waals surface area contributed by atoms with Crippen LogP contribution in [0.2, 0.25) is 0 Å². The second-order valence-corrected chi connectivity index (χ2v) is 5.83. The molecule has 2 aromatic rings. The summed E-state index contributed by atoms with van der Waals surface area (Å²) >= 11 is 0. The van der Waals surface area contributed by atoms with E-state index in [0.29, 0.717) is 17.8 Å². The van der Waals surface area contributed by atoms with E-state index in [2.05, 4.69) is 10.3 Å². The van der Waals surface area contributed by atoms with Gasteiger partial charge >= 0.3 is 0 Å². The fraction of sp³-hybridized carbons (Fsp3) is 0.400. The first-order valence-electron chi connectivity index (χ1n) is 6.42. The van der Waals surface area contributed by atoms with Crippen LogP contribution in [0.3, 0.4) is 0 Å². The van der Waals surface area contributed by atoms with Crippen LogP contribution in [0.5, 0.6) is 0 Å². The molecule has 0 aliphatic rings. The van der Waals surface area contributed by atoms with E-state index in [0.717, 1.165) is 6.07 Å². The van der Waals surface area contributed by atoms with Gasteiger partial charge in [-0.25, -0.2) is 13.8 Å². The maximum Gasteiger partial charge on any atom is 0.229 e. The van der Waals surface area contributed by atoms with Gasteiger partial charge in [-0.2, -0.15) is 0 Å². The van der Waals surface area contributed by atoms with E-state index in [9.17, 15) is 8.78 Å². The van der Waals surface area contributed by atoms with Gasteiger partial charge in [-0.15, -0.1) is 0 Å². The summed E-state index contributed by atoms with van der Waals surface area (Å²) in [6, 6.07) is 2.25. The smallest absolute Gasteiger partial charge is 0.229 e. The summed E-state index contributed by atoms with van der Waals surface area (Å²) in [5.41, 5.74) is 1.16. The van der Waals surface area contributed by atoms with Crippen LogP contribution < -0.4 is 5.32 Å². The first-order valence-corrected chi connectivity index (χ1v) is 6.42. The lowest BCUT2D eigenvalue weighted by Gasteiger charge is -2.19. The molecule has 1 aromatic heterocycles. The first kappa shape index (κ1) is 14.7. The topological polar surface area (TPSA) is 38.1 Å². The van der Waals surface area contributed by atoms with Crippen molar-refractivity contribution in [2.75, 3.05) is 0 Å². The number of benzene rings is 1. The van der Waals surface area contributed by atoms with Crippen LogP contribution in [0, 0.1) is 18.6 Å². The van der Waals surface area contributed by atoms with Crippen molar-refractivity contribution >= 4 is 0 Å². The van der Waals surface area contributed by atoms with Crippen LogP contribution >= 0.6 is 0 Å². The van der Waals surface area contributed by atoms with Crippen molar-refractivity contribution < 1.29 is 13.2 Å². The van der Waals surface area contributed by atoms with E-state index < -0.39 is 11.6 Å². The average Bonchev–Trinajstić information content (AvgIpc) is 2.79. The maximum absolute atomic E-state index is 13.7. The molecule has 1 aromatic carbocycles. The van der Waals surface area contributed by atoms with Crippen LogP contribution in [0.1, 0.15) is 32.0 Å². The van der Waals surface area contributed by atoms with Crippen molar-refractivity contribution in [2.45, 2.75) is 39.8 Å². The van der Waals surface area contributed by atoms with Gasteiger partial charge < -0.3 is 9.73 Å². The van der Waals surface area contributed by atoms with Crippen LogP contribution in [-0.4, -0.2) is 10.5 Å². The van der Waals surface area contributed by atoms with Gasteiger partial charge in [0.05, 0.1) is 11.3 Å². The molecule has 0 atom stereocenters. The van der Waals surface area contributed by atoms with Gasteiger partial charge in [0, 0.05) is 18.2 Å². The Morgan fingerprint density at radius 3 is 2.55 bits per heavy atom. The third-order valence-electron chi connectivity index (χ3n) is 2.83. The predicted octanol–water partition coefficient (Wildman–Crippen LogP) is 3.82. The summed E-state index contributed by atoms with van der Waals surface area (Å²) in [4.78, 5) is 4.22. The molecule has 0 aliphatic carbocycles. The number of aromatic nitrogens is 1. The molecular formula is C15H18F2N2O. The average molecular weight is 280 g/mol. The molecule has 0 spiro atoms. The Morgan fingerprint density at radius 2 is 1.90 bits per heavy atom. The van der Waals surface area contributed by atoms with E-state index >= 15 is 0 Å². The zero-order valence-corrected chi connectivity index (χ0v) is 12.1. The maximum atomic E-state index is 13.7. The number of hydrogen-bond acceptors (Lipinski definition) is 3. The zero-order chi connectivity index (χ0) is 14.9. The van der Waals surface area contributed by atoms with E-state index in [-0.39, 0.29) is 17.0 Å². The zero-order valence-electron chi connectivity index (χ0n) is 12.1. The lowest BCUT2D eigenvalue weighted by Crippen LogP contribution is -2.35. The number of rotatable bonds is 3. The molecule has 0 radical (unpaired) electrons. The molecule has 0 amide bonds. The SMILES string of the molecule is Cc1cc(-c2nc(CNC(C)(C)C)co2)c(F)cc1F. The minimum Gasteiger partial charge on any atom is -0.444 e. The minimum absolute atomic E-state index is 0.0448. The third kappa shape index (κ3) is 3.42. The van der Waals surface area contributed by atoms with Gasteiger partial charge in [-0.1, -0.05) is 0 Å². The van der Waals surface area contributed by atoms with Crippen molar-refractivity contribution in [3.8, 4) is 11.5 Å². The second-order valence-electron chi connectivity index (χ2n) is 5.83. The van der Waals surface area contributed by atoms with Gasteiger partial charge in [0.25, 0.3) is 0 Å². The molecule has 3 nitrogen and oxygen atoms in total. The van der Waals surface area contributed by atoms with Crippen LogP contribution in [0.15, 0.2) is 22.8 Å². The molecule has 0 aliphatic heterocycles. The van der Waals surface area contributed by atoms with Crippen LogP contribution in [0.25, 0.3) is 11.5 Å². The Morgan fingerprint density at radius 1 is 1.20 bits per heavy atom. The highest BCUT2D eigenvalue weighted by atomic mass is 19.1. The van der Waals surface area contributed by atoms with Gasteiger partial charge in [0.2, 0.25) is 5.89 Å². The summed E-state index contributed by atoms with van der Waals surface area (Å²) in [6.45, 7) is 8.21. The highest BCUT2D eigenvalue weighted by molar-refractivity contribution is 5.55. The molecule has 0 saturated carbocycles. The molecule has 0 saturated heterocycles. The number of nitrogens with one attached hydrogen (secondary N) is 1. The molecule has 20 heavy (non-hydrogen) atoms. The highest BCUT2D eigenvalue weighted by Gasteiger charge is 2.15. The Kier molecular flexibility index (Phi) is 3.90. The van der Waals surface area contributed by atoms with Gasteiger partial charge in [0.15, 0.2) is 0 Å². The second kappa shape index (κ2) is 5.32. The van der Waals surface area contributed by atoms with E-state index in [1.807, 2.05) is 20.8 Å². The van der Waals surface area contributed by atoms with Gasteiger partial charge in [-0.3, -0.25) is 0 Å². The Balaban J connectivity index is 2.23. The predicted molar refractivity (Wildman–Crippen MR) is 73.2 cm³/mol. The Labute approximate surface area is 117 Å². The van der Waals surface area contributed by atoms with Crippen molar-refractivity contribution in [3.05, 3.63) is 41.3 Å². The standard InChI is InChI=1S/C15H18F2N2O/c1-9-5-11(13(17)6-12(9)16)14-19-10(8-20-14)7-18-15(2,3)4/h5-6,8,18H,7H2,1-4H3. The quantitative estimate of drug-likeness (QED) is 0.929. The Hall–Kier alpha value is -1.75. The molecule has 0 unspecified atom stereocenters. The van der Waals surface area contributed by atoms with Crippen molar-refractivity contribution in [1.29, 1.82) is 0 Å². The normalized spacial score (nSPS) is 11.9. The molecule has 0 fully saturated rings. The number of nitrogens with zero attached hydrogens (tertiary/aromatic N) is 1. The summed E-state index contributed by atoms with van der Waals surface area (Å²) in [5, 5.41) is 3.26. The highest BCUT2D eigenvalue weighted by Crippen LogP contribution is 2.25. The van der Waals surface area contributed by atoms with E-state index in [1.165, 1.54) is 12.3 Å². The summed E-state index contributed by atoms with van der Waals surface area (Å²) in [6.07, 6.45) is 1.48. The third-order valence-corrected chi connectivity index (χ3v) is 2.83. The summed E-state index contributed by atoms with van der Waals surface area (Å²) in [7, 11) is 0. The van der Waals surface area contributed by atoms with Crippen molar-refractivity contribution in [2.24, 2.45) is 0 Å². The number of halogens is 2. The summed E-state index contributed by atoms with van der Waals surface area (Å²) in [5.74, 6) is -1.09. The molecule has 108 valence electrons. The number of oxazole rings is 1. The monoisotopic (exact) mass is 280 g/mol. The molecule has 2 rings (SSSR count). The number of hydrogen-bond donors (Lipinski definition) is 1. The van der Waals surface area contributed by atoms with Crippen LogP contribution in [0.4, 0.5) is 8.78 Å². The molecule has 1 heterocycles. The lowest BCUT2D eigenvalue weighted by atomic mass is 10.1. The fourth-order valence-corrected chi connectivity index (χ4v) is 1.69. The molecule has 5 heteroatoms. The largest absolute Gasteiger partial charge is 0.444 e. The first-order chi connectivity index (χ1) is 9.26. The molecule has 0 bridgehead atoms. The molecular weight excluding hydrogens is 262 g/mol. The van der Waals surface area contributed by atoms with E-state index in [1.54, 1.807) is 6.92 Å². The number of aryl methyl sites for hydroxylation is 1. The minimum atomic E-state index is -0.676. The van der Waals surface area contributed by atoms with Crippen LogP contribution in [-0.2, 0) is 6.54 Å². The van der Waals surface area contributed by atoms with Gasteiger partial charge in [-0.05, 0) is 39.3 Å². The van der Waals surface area contributed by atoms with Crippen molar-refractivity contribution in [1.82, 2.24) is 10.3 Å². The lowest BCUT2D eigenvalue weighted by molar-refractivity contribution is 0.421. The molecule has 1 N–H and O–H groups in total. The Bertz CT molecular complexity index is 615. The summed E-state index contributed by atoms with van der Waals surface area (Å²) < 4.78 is 32.3. The fourth-order valence-electron chi connectivity index (χ4n) is 1.69.